The van der Waals surface area contributed by atoms with E-state index in [1.165, 1.54) is 4.88 Å². The smallest absolute Gasteiger partial charge is 0.222 e. The van der Waals surface area contributed by atoms with Crippen LogP contribution < -0.4 is 5.73 Å². The molecule has 1 atom stereocenters. The molecular formula is C12H20N2OS. The molecule has 1 unspecified atom stereocenters. The molecule has 1 rings (SSSR count). The summed E-state index contributed by atoms with van der Waals surface area (Å²) in [5.41, 5.74) is 5.60. The van der Waals surface area contributed by atoms with Gasteiger partial charge in [0.1, 0.15) is 0 Å². The van der Waals surface area contributed by atoms with E-state index in [2.05, 4.69) is 13.0 Å². The minimum atomic E-state index is 0.186. The third-order valence-corrected chi connectivity index (χ3v) is 3.63. The van der Waals surface area contributed by atoms with Crippen LogP contribution in [0.5, 0.6) is 0 Å². The zero-order valence-corrected chi connectivity index (χ0v) is 10.8. The summed E-state index contributed by atoms with van der Waals surface area (Å²) < 4.78 is 0. The maximum absolute atomic E-state index is 11.9. The Morgan fingerprint density at radius 1 is 1.62 bits per heavy atom. The minimum absolute atomic E-state index is 0.186. The largest absolute Gasteiger partial charge is 0.341 e. The average molecular weight is 240 g/mol. The van der Waals surface area contributed by atoms with Crippen LogP contribution >= 0.6 is 11.3 Å². The molecule has 1 aromatic rings. The molecule has 0 aliphatic heterocycles. The lowest BCUT2D eigenvalue weighted by Crippen LogP contribution is -2.29. The molecule has 0 fully saturated rings. The monoisotopic (exact) mass is 240 g/mol. The Labute approximate surface area is 101 Å². The predicted molar refractivity (Wildman–Crippen MR) is 68.2 cm³/mol. The van der Waals surface area contributed by atoms with Gasteiger partial charge < -0.3 is 10.6 Å². The van der Waals surface area contributed by atoms with Crippen molar-refractivity contribution in [3.8, 4) is 0 Å². The van der Waals surface area contributed by atoms with Crippen molar-refractivity contribution < 1.29 is 4.79 Å². The zero-order valence-electron chi connectivity index (χ0n) is 9.98. The van der Waals surface area contributed by atoms with Crippen LogP contribution in [-0.2, 0) is 11.3 Å². The number of carbonyl (C=O) groups is 1. The number of hydrogen-bond donors (Lipinski definition) is 1. The van der Waals surface area contributed by atoms with Crippen LogP contribution in [0.15, 0.2) is 17.5 Å². The summed E-state index contributed by atoms with van der Waals surface area (Å²) in [6.45, 7) is 3.37. The molecule has 16 heavy (non-hydrogen) atoms. The first-order valence-corrected chi connectivity index (χ1v) is 6.51. The van der Waals surface area contributed by atoms with Gasteiger partial charge >= 0.3 is 0 Å². The molecule has 0 bridgehead atoms. The zero-order chi connectivity index (χ0) is 12.0. The van der Waals surface area contributed by atoms with Gasteiger partial charge in [0.05, 0.1) is 6.54 Å². The van der Waals surface area contributed by atoms with Gasteiger partial charge in [0.25, 0.3) is 0 Å². The molecule has 2 N–H and O–H groups in total. The minimum Gasteiger partial charge on any atom is -0.341 e. The van der Waals surface area contributed by atoms with Crippen molar-refractivity contribution >= 4 is 17.2 Å². The van der Waals surface area contributed by atoms with E-state index in [4.69, 9.17) is 5.73 Å². The van der Waals surface area contributed by atoms with Crippen molar-refractivity contribution in [2.75, 3.05) is 13.6 Å². The Morgan fingerprint density at radius 2 is 2.38 bits per heavy atom. The van der Waals surface area contributed by atoms with Crippen molar-refractivity contribution in [2.24, 2.45) is 11.7 Å². The summed E-state index contributed by atoms with van der Waals surface area (Å²) in [6, 6.07) is 4.06. The molecule has 1 heterocycles. The van der Waals surface area contributed by atoms with E-state index in [1.54, 1.807) is 16.2 Å². The number of nitrogens with two attached hydrogens (primary N) is 1. The van der Waals surface area contributed by atoms with Gasteiger partial charge in [-0.2, -0.15) is 0 Å². The molecule has 0 aliphatic rings. The second kappa shape index (κ2) is 6.66. The lowest BCUT2D eigenvalue weighted by Gasteiger charge is -2.19. The van der Waals surface area contributed by atoms with Crippen LogP contribution in [-0.4, -0.2) is 24.4 Å². The molecule has 1 aromatic heterocycles. The molecule has 0 saturated heterocycles. The molecule has 0 aromatic carbocycles. The number of thiophene rings is 1. The SMILES string of the molecule is CCC(CN)CC(=O)N(C)Cc1cccs1. The Hall–Kier alpha value is -0.870. The molecule has 3 nitrogen and oxygen atoms in total. The van der Waals surface area contributed by atoms with E-state index in [1.807, 2.05) is 18.5 Å². The Bertz CT molecular complexity index is 307. The predicted octanol–water partition coefficient (Wildman–Crippen LogP) is 2.08. The Kier molecular flexibility index (Phi) is 5.49. The lowest BCUT2D eigenvalue weighted by molar-refractivity contribution is -0.131. The van der Waals surface area contributed by atoms with E-state index in [0.29, 0.717) is 25.4 Å². The number of hydrogen-bond acceptors (Lipinski definition) is 3. The quantitative estimate of drug-likeness (QED) is 0.827. The van der Waals surface area contributed by atoms with E-state index < -0.39 is 0 Å². The first kappa shape index (κ1) is 13.2. The van der Waals surface area contributed by atoms with Crippen molar-refractivity contribution in [3.05, 3.63) is 22.4 Å². The molecule has 4 heteroatoms. The third kappa shape index (κ3) is 3.94. The first-order chi connectivity index (χ1) is 7.67. The normalized spacial score (nSPS) is 12.4. The van der Waals surface area contributed by atoms with Crippen molar-refractivity contribution in [3.63, 3.8) is 0 Å². The van der Waals surface area contributed by atoms with Crippen molar-refractivity contribution in [1.82, 2.24) is 4.90 Å². The highest BCUT2D eigenvalue weighted by Crippen LogP contribution is 2.13. The van der Waals surface area contributed by atoms with Crippen LogP contribution in [0.4, 0.5) is 0 Å². The molecule has 0 saturated carbocycles. The summed E-state index contributed by atoms with van der Waals surface area (Å²) in [6.07, 6.45) is 1.53. The summed E-state index contributed by atoms with van der Waals surface area (Å²) in [4.78, 5) is 14.9. The van der Waals surface area contributed by atoms with Gasteiger partial charge in [-0.15, -0.1) is 11.3 Å². The van der Waals surface area contributed by atoms with E-state index in [9.17, 15) is 4.79 Å². The van der Waals surface area contributed by atoms with Gasteiger partial charge in [-0.1, -0.05) is 19.4 Å². The van der Waals surface area contributed by atoms with Crippen molar-refractivity contribution in [1.29, 1.82) is 0 Å². The van der Waals surface area contributed by atoms with Gasteiger partial charge in [-0.3, -0.25) is 4.79 Å². The fourth-order valence-corrected chi connectivity index (χ4v) is 2.28. The number of nitrogens with zero attached hydrogens (tertiary/aromatic N) is 1. The van der Waals surface area contributed by atoms with Crippen LogP contribution in [0, 0.1) is 5.92 Å². The van der Waals surface area contributed by atoms with E-state index >= 15 is 0 Å². The molecule has 0 radical (unpaired) electrons. The number of amides is 1. The first-order valence-electron chi connectivity index (χ1n) is 5.63. The van der Waals surface area contributed by atoms with Crippen LogP contribution in [0.25, 0.3) is 0 Å². The summed E-state index contributed by atoms with van der Waals surface area (Å²) >= 11 is 1.68. The fourth-order valence-electron chi connectivity index (χ4n) is 1.52. The van der Waals surface area contributed by atoms with Gasteiger partial charge in [0.15, 0.2) is 0 Å². The second-order valence-electron chi connectivity index (χ2n) is 4.04. The van der Waals surface area contributed by atoms with Crippen LogP contribution in [0.1, 0.15) is 24.6 Å². The number of carbonyl (C=O) groups excluding carboxylic acids is 1. The topological polar surface area (TPSA) is 46.3 Å². The van der Waals surface area contributed by atoms with Crippen LogP contribution in [0.2, 0.25) is 0 Å². The fraction of sp³-hybridized carbons (Fsp3) is 0.583. The molecule has 0 spiro atoms. The second-order valence-corrected chi connectivity index (χ2v) is 5.08. The summed E-state index contributed by atoms with van der Waals surface area (Å²) in [5, 5.41) is 2.03. The van der Waals surface area contributed by atoms with E-state index in [-0.39, 0.29) is 5.91 Å². The highest BCUT2D eigenvalue weighted by Gasteiger charge is 2.14. The average Bonchev–Trinajstić information content (AvgIpc) is 2.78. The van der Waals surface area contributed by atoms with Gasteiger partial charge in [-0.05, 0) is 23.9 Å². The Balaban J connectivity index is 2.41. The standard InChI is InChI=1S/C12H20N2OS/c1-3-10(8-13)7-12(15)14(2)9-11-5-4-6-16-11/h4-6,10H,3,7-9,13H2,1-2H3. The van der Waals surface area contributed by atoms with Crippen molar-refractivity contribution in [2.45, 2.75) is 26.3 Å². The lowest BCUT2D eigenvalue weighted by atomic mass is 10.0. The maximum atomic E-state index is 11.9. The van der Waals surface area contributed by atoms with E-state index in [0.717, 1.165) is 6.42 Å². The van der Waals surface area contributed by atoms with Gasteiger partial charge in [0, 0.05) is 18.3 Å². The van der Waals surface area contributed by atoms with Crippen LogP contribution in [0.3, 0.4) is 0 Å². The number of rotatable bonds is 6. The third-order valence-electron chi connectivity index (χ3n) is 2.77. The maximum Gasteiger partial charge on any atom is 0.222 e. The molecule has 0 aliphatic carbocycles. The summed E-state index contributed by atoms with van der Waals surface area (Å²) in [7, 11) is 1.85. The van der Waals surface area contributed by atoms with Gasteiger partial charge in [-0.25, -0.2) is 0 Å². The molecule has 90 valence electrons. The summed E-state index contributed by atoms with van der Waals surface area (Å²) in [5.74, 6) is 0.504. The Morgan fingerprint density at radius 3 is 2.88 bits per heavy atom. The highest BCUT2D eigenvalue weighted by atomic mass is 32.1. The highest BCUT2D eigenvalue weighted by molar-refractivity contribution is 7.09. The molecule has 1 amide bonds. The van der Waals surface area contributed by atoms with Gasteiger partial charge in [0.2, 0.25) is 5.91 Å². The molecular weight excluding hydrogens is 220 g/mol.